The second-order valence-corrected chi connectivity index (χ2v) is 7.31. The van der Waals surface area contributed by atoms with Crippen LogP contribution >= 0.6 is 11.3 Å². The lowest BCUT2D eigenvalue weighted by Gasteiger charge is -2.09. The summed E-state index contributed by atoms with van der Waals surface area (Å²) in [4.78, 5) is 14.2. The number of rotatable bonds is 4. The topological polar surface area (TPSA) is 41.1 Å². The fourth-order valence-electron chi connectivity index (χ4n) is 3.39. The third-order valence-corrected chi connectivity index (χ3v) is 5.93. The molecular weight excluding hydrogens is 328 g/mol. The van der Waals surface area contributed by atoms with Crippen molar-refractivity contribution in [2.75, 3.05) is 17.7 Å². The van der Waals surface area contributed by atoms with E-state index in [1.165, 1.54) is 16.0 Å². The molecule has 2 N–H and O–H groups in total. The Morgan fingerprint density at radius 1 is 0.960 bits per heavy atom. The molecular formula is C21H20N2OS. The summed E-state index contributed by atoms with van der Waals surface area (Å²) < 4.78 is 0. The predicted molar refractivity (Wildman–Crippen MR) is 106 cm³/mol. The van der Waals surface area contributed by atoms with Gasteiger partial charge < -0.3 is 10.6 Å². The third kappa shape index (κ3) is 3.05. The van der Waals surface area contributed by atoms with Crippen molar-refractivity contribution >= 4 is 27.9 Å². The minimum Gasteiger partial charge on any atom is -0.379 e. The minimum absolute atomic E-state index is 0.0174. The summed E-state index contributed by atoms with van der Waals surface area (Å²) in [6.07, 6.45) is 3.24. The average molecular weight is 348 g/mol. The van der Waals surface area contributed by atoms with Crippen LogP contribution in [0.3, 0.4) is 0 Å². The van der Waals surface area contributed by atoms with E-state index < -0.39 is 0 Å². The van der Waals surface area contributed by atoms with E-state index in [1.54, 1.807) is 11.3 Å². The summed E-state index contributed by atoms with van der Waals surface area (Å²) in [5, 5.41) is 7.21. The smallest absolute Gasteiger partial charge is 0.258 e. The van der Waals surface area contributed by atoms with Gasteiger partial charge in [-0.3, -0.25) is 4.79 Å². The highest BCUT2D eigenvalue weighted by Gasteiger charge is 2.26. The molecule has 0 saturated heterocycles. The van der Waals surface area contributed by atoms with Crippen LogP contribution in [0.4, 0.5) is 10.7 Å². The Morgan fingerprint density at radius 2 is 1.68 bits per heavy atom. The van der Waals surface area contributed by atoms with Gasteiger partial charge in [0.25, 0.3) is 5.91 Å². The fourth-order valence-corrected chi connectivity index (χ4v) is 4.63. The number of nitrogens with one attached hydrogen (secondary N) is 2. The second kappa shape index (κ2) is 6.73. The fraction of sp³-hybridized carbons (Fsp3) is 0.190. The molecule has 2 aromatic carbocycles. The Kier molecular flexibility index (Phi) is 4.28. The van der Waals surface area contributed by atoms with Crippen LogP contribution in [0.15, 0.2) is 54.6 Å². The summed E-state index contributed by atoms with van der Waals surface area (Å²) in [5.41, 5.74) is 5.20. The number of hydrogen-bond donors (Lipinski definition) is 2. The van der Waals surface area contributed by atoms with Crippen LogP contribution in [0.25, 0.3) is 11.1 Å². The molecule has 0 atom stereocenters. The molecule has 0 fully saturated rings. The molecule has 0 saturated carbocycles. The van der Waals surface area contributed by atoms with Crippen molar-refractivity contribution < 1.29 is 4.79 Å². The maximum atomic E-state index is 12.8. The number of benzene rings is 2. The average Bonchev–Trinajstić information content (AvgIpc) is 3.23. The maximum Gasteiger partial charge on any atom is 0.258 e. The van der Waals surface area contributed by atoms with Crippen LogP contribution in [0.2, 0.25) is 0 Å². The first-order valence-corrected chi connectivity index (χ1v) is 9.37. The van der Waals surface area contributed by atoms with E-state index >= 15 is 0 Å². The highest BCUT2D eigenvalue weighted by atomic mass is 32.1. The molecule has 0 bridgehead atoms. The number of thiophene rings is 1. The summed E-state index contributed by atoms with van der Waals surface area (Å²) in [6, 6.07) is 18.3. The molecule has 0 radical (unpaired) electrons. The molecule has 1 aliphatic carbocycles. The largest absolute Gasteiger partial charge is 0.379 e. The van der Waals surface area contributed by atoms with Crippen LogP contribution < -0.4 is 10.6 Å². The highest BCUT2D eigenvalue weighted by molar-refractivity contribution is 7.16. The van der Waals surface area contributed by atoms with Crippen molar-refractivity contribution in [1.82, 2.24) is 0 Å². The van der Waals surface area contributed by atoms with Gasteiger partial charge in [0.05, 0.1) is 5.56 Å². The predicted octanol–water partition coefficient (Wildman–Crippen LogP) is 5.20. The molecule has 4 heteroatoms. The molecule has 1 aromatic heterocycles. The van der Waals surface area contributed by atoms with Gasteiger partial charge in [-0.15, -0.1) is 11.3 Å². The lowest BCUT2D eigenvalue weighted by molar-refractivity contribution is 0.102. The van der Waals surface area contributed by atoms with Crippen molar-refractivity contribution in [1.29, 1.82) is 0 Å². The summed E-state index contributed by atoms with van der Waals surface area (Å²) in [7, 11) is 1.88. The number of fused-ring (bicyclic) bond motifs is 1. The van der Waals surface area contributed by atoms with Gasteiger partial charge in [-0.2, -0.15) is 0 Å². The molecule has 0 unspecified atom stereocenters. The molecule has 0 spiro atoms. The number of aryl methyl sites for hydroxylation is 1. The van der Waals surface area contributed by atoms with Crippen LogP contribution in [-0.4, -0.2) is 13.0 Å². The first-order chi connectivity index (χ1) is 12.3. The summed E-state index contributed by atoms with van der Waals surface area (Å²) in [5.74, 6) is -0.0174. The second-order valence-electron chi connectivity index (χ2n) is 6.21. The number of carbonyl (C=O) groups excluding carboxylic acids is 1. The normalized spacial score (nSPS) is 12.7. The van der Waals surface area contributed by atoms with Crippen molar-refractivity contribution in [3.63, 3.8) is 0 Å². The van der Waals surface area contributed by atoms with Crippen LogP contribution in [0.1, 0.15) is 27.2 Å². The van der Waals surface area contributed by atoms with Gasteiger partial charge in [-0.05, 0) is 48.1 Å². The zero-order valence-electron chi connectivity index (χ0n) is 14.1. The van der Waals surface area contributed by atoms with Crippen molar-refractivity contribution in [2.45, 2.75) is 19.3 Å². The van der Waals surface area contributed by atoms with Gasteiger partial charge in [0.1, 0.15) is 5.00 Å². The highest BCUT2D eigenvalue weighted by Crippen LogP contribution is 2.39. The minimum atomic E-state index is -0.0174. The van der Waals surface area contributed by atoms with Crippen molar-refractivity contribution in [3.8, 4) is 11.1 Å². The Morgan fingerprint density at radius 3 is 2.40 bits per heavy atom. The maximum absolute atomic E-state index is 12.8. The lowest BCUT2D eigenvalue weighted by atomic mass is 10.1. The third-order valence-electron chi connectivity index (χ3n) is 4.63. The first kappa shape index (κ1) is 15.9. The van der Waals surface area contributed by atoms with Crippen LogP contribution in [-0.2, 0) is 12.8 Å². The van der Waals surface area contributed by atoms with Gasteiger partial charge in [-0.1, -0.05) is 42.5 Å². The molecule has 3 nitrogen and oxygen atoms in total. The molecule has 1 amide bonds. The number of carbonyl (C=O) groups is 1. The van der Waals surface area contributed by atoms with Gasteiger partial charge >= 0.3 is 0 Å². The quantitative estimate of drug-likeness (QED) is 0.680. The van der Waals surface area contributed by atoms with Crippen molar-refractivity contribution in [2.24, 2.45) is 0 Å². The van der Waals surface area contributed by atoms with E-state index in [0.29, 0.717) is 0 Å². The summed E-state index contributed by atoms with van der Waals surface area (Å²) in [6.45, 7) is 0. The number of anilines is 2. The van der Waals surface area contributed by atoms with E-state index in [2.05, 4.69) is 22.8 Å². The van der Waals surface area contributed by atoms with Crippen LogP contribution in [0, 0.1) is 0 Å². The molecule has 4 rings (SSSR count). The number of amides is 1. The molecule has 126 valence electrons. The van der Waals surface area contributed by atoms with Gasteiger partial charge in [0, 0.05) is 17.6 Å². The Balaban J connectivity index is 1.56. The van der Waals surface area contributed by atoms with E-state index in [4.69, 9.17) is 0 Å². The van der Waals surface area contributed by atoms with E-state index in [0.717, 1.165) is 41.1 Å². The molecule has 1 heterocycles. The molecule has 1 aliphatic rings. The Bertz CT molecular complexity index is 898. The Labute approximate surface area is 151 Å². The van der Waals surface area contributed by atoms with Gasteiger partial charge in [0.2, 0.25) is 0 Å². The zero-order chi connectivity index (χ0) is 17.2. The lowest BCUT2D eigenvalue weighted by Crippen LogP contribution is -2.14. The molecule has 0 aliphatic heterocycles. The van der Waals surface area contributed by atoms with Crippen molar-refractivity contribution in [3.05, 3.63) is 70.6 Å². The Hall–Kier alpha value is -2.59. The van der Waals surface area contributed by atoms with E-state index in [9.17, 15) is 4.79 Å². The van der Waals surface area contributed by atoms with E-state index in [-0.39, 0.29) is 5.91 Å². The van der Waals surface area contributed by atoms with Gasteiger partial charge in [-0.25, -0.2) is 0 Å². The standard InChI is InChI=1S/C21H20N2OS/c1-22-21-19(17-8-5-9-18(17)25-21)20(24)23-16-12-10-15(11-13-16)14-6-3-2-4-7-14/h2-4,6-7,10-13,22H,5,8-9H2,1H3,(H,23,24). The SMILES string of the molecule is CNc1sc2c(c1C(=O)Nc1ccc(-c3ccccc3)cc1)CCC2. The molecule has 25 heavy (non-hydrogen) atoms. The molecule has 3 aromatic rings. The van der Waals surface area contributed by atoms with Crippen LogP contribution in [0.5, 0.6) is 0 Å². The van der Waals surface area contributed by atoms with Gasteiger partial charge in [0.15, 0.2) is 0 Å². The number of hydrogen-bond acceptors (Lipinski definition) is 3. The zero-order valence-corrected chi connectivity index (χ0v) is 15.0. The van der Waals surface area contributed by atoms with E-state index in [1.807, 2.05) is 49.5 Å². The monoisotopic (exact) mass is 348 g/mol. The summed E-state index contributed by atoms with van der Waals surface area (Å²) >= 11 is 1.72. The first-order valence-electron chi connectivity index (χ1n) is 8.55.